The van der Waals surface area contributed by atoms with Crippen LogP contribution in [0.3, 0.4) is 0 Å². The third-order valence-corrected chi connectivity index (χ3v) is 3.79. The maximum atomic E-state index is 12.2. The average molecular weight is 275 g/mol. The van der Waals surface area contributed by atoms with Gasteiger partial charge < -0.3 is 10.1 Å². The Morgan fingerprint density at radius 3 is 2.45 bits per heavy atom. The predicted octanol–water partition coefficient (Wildman–Crippen LogP) is 3.78. The average Bonchev–Trinajstić information content (AvgIpc) is 2.68. The highest BCUT2D eigenvalue weighted by Gasteiger charge is 2.31. The van der Waals surface area contributed by atoms with Gasteiger partial charge in [-0.15, -0.1) is 0 Å². The largest absolute Gasteiger partial charge is 0.491 e. The van der Waals surface area contributed by atoms with Crippen LogP contribution in [0.4, 0.5) is 0 Å². The Labute approximate surface area is 121 Å². The summed E-state index contributed by atoms with van der Waals surface area (Å²) in [6, 6.07) is 7.67. The summed E-state index contributed by atoms with van der Waals surface area (Å²) in [5, 5.41) is 3.13. The summed E-state index contributed by atoms with van der Waals surface area (Å²) >= 11 is 0. The molecule has 0 aliphatic heterocycles. The predicted molar refractivity (Wildman–Crippen MR) is 81.1 cm³/mol. The maximum Gasteiger partial charge on any atom is 0.251 e. The Morgan fingerprint density at radius 2 is 1.95 bits per heavy atom. The summed E-state index contributed by atoms with van der Waals surface area (Å²) in [5.74, 6) is 0.822. The van der Waals surface area contributed by atoms with Gasteiger partial charge in [0, 0.05) is 11.6 Å². The number of hydrogen-bond donors (Lipinski definition) is 1. The second-order valence-corrected chi connectivity index (χ2v) is 6.77. The van der Waals surface area contributed by atoms with Gasteiger partial charge in [-0.3, -0.25) is 4.79 Å². The van der Waals surface area contributed by atoms with E-state index in [1.807, 2.05) is 38.1 Å². The van der Waals surface area contributed by atoms with Gasteiger partial charge in [0.25, 0.3) is 5.91 Å². The van der Waals surface area contributed by atoms with Gasteiger partial charge in [-0.05, 0) is 62.8 Å². The first kappa shape index (κ1) is 14.9. The first-order chi connectivity index (χ1) is 9.35. The van der Waals surface area contributed by atoms with Crippen LogP contribution in [0, 0.1) is 5.41 Å². The van der Waals surface area contributed by atoms with E-state index in [4.69, 9.17) is 4.74 Å². The summed E-state index contributed by atoms with van der Waals surface area (Å²) < 4.78 is 5.58. The van der Waals surface area contributed by atoms with Crippen LogP contribution in [-0.2, 0) is 0 Å². The number of nitrogens with one attached hydrogen (secondary N) is 1. The maximum absolute atomic E-state index is 12.2. The molecule has 1 fully saturated rings. The first-order valence-electron chi connectivity index (χ1n) is 7.43. The minimum Gasteiger partial charge on any atom is -0.491 e. The van der Waals surface area contributed by atoms with Crippen LogP contribution >= 0.6 is 0 Å². The molecule has 2 rings (SSSR count). The Balaban J connectivity index is 1.93. The normalized spacial score (nSPS) is 20.9. The molecule has 0 bridgehead atoms. The van der Waals surface area contributed by atoms with Crippen molar-refractivity contribution in [3.05, 3.63) is 29.8 Å². The van der Waals surface area contributed by atoms with Crippen LogP contribution in [0.1, 0.15) is 57.3 Å². The van der Waals surface area contributed by atoms with Crippen LogP contribution in [0.5, 0.6) is 5.75 Å². The van der Waals surface area contributed by atoms with Gasteiger partial charge in [0.15, 0.2) is 0 Å². The van der Waals surface area contributed by atoms with Gasteiger partial charge in [-0.1, -0.05) is 13.8 Å². The SMILES string of the molecule is CC(C)Oc1ccc(C(=O)NC2CCC(C)(C)C2)cc1. The lowest BCUT2D eigenvalue weighted by Crippen LogP contribution is -2.33. The van der Waals surface area contributed by atoms with Crippen molar-refractivity contribution in [2.75, 3.05) is 0 Å². The molecule has 1 unspecified atom stereocenters. The molecule has 110 valence electrons. The van der Waals surface area contributed by atoms with Crippen LogP contribution in [0.25, 0.3) is 0 Å². The van der Waals surface area contributed by atoms with E-state index < -0.39 is 0 Å². The highest BCUT2D eigenvalue weighted by atomic mass is 16.5. The van der Waals surface area contributed by atoms with Gasteiger partial charge in [0.05, 0.1) is 6.10 Å². The van der Waals surface area contributed by atoms with Crippen molar-refractivity contribution >= 4 is 5.91 Å². The van der Waals surface area contributed by atoms with Gasteiger partial charge in [0.2, 0.25) is 0 Å². The molecule has 20 heavy (non-hydrogen) atoms. The zero-order valence-corrected chi connectivity index (χ0v) is 12.9. The Hall–Kier alpha value is -1.51. The van der Waals surface area contributed by atoms with Gasteiger partial charge in [-0.2, -0.15) is 0 Å². The molecule has 1 atom stereocenters. The molecule has 1 aromatic carbocycles. The summed E-state index contributed by atoms with van der Waals surface area (Å²) in [6.07, 6.45) is 3.47. The molecule has 0 radical (unpaired) electrons. The molecule has 0 heterocycles. The molecule has 1 N–H and O–H groups in total. The number of rotatable bonds is 4. The summed E-state index contributed by atoms with van der Waals surface area (Å²) in [5.41, 5.74) is 1.05. The van der Waals surface area contributed by atoms with Crippen molar-refractivity contribution in [3.63, 3.8) is 0 Å². The number of carbonyl (C=O) groups excluding carboxylic acids is 1. The Bertz CT molecular complexity index is 462. The van der Waals surface area contributed by atoms with Crippen LogP contribution in [0.2, 0.25) is 0 Å². The van der Waals surface area contributed by atoms with E-state index in [1.165, 1.54) is 6.42 Å². The third kappa shape index (κ3) is 3.99. The Morgan fingerprint density at radius 1 is 1.30 bits per heavy atom. The number of hydrogen-bond acceptors (Lipinski definition) is 2. The molecule has 1 amide bonds. The quantitative estimate of drug-likeness (QED) is 0.908. The second-order valence-electron chi connectivity index (χ2n) is 6.77. The second kappa shape index (κ2) is 5.86. The van der Waals surface area contributed by atoms with Crippen molar-refractivity contribution in [2.45, 2.75) is 59.1 Å². The van der Waals surface area contributed by atoms with E-state index in [1.54, 1.807) is 0 Å². The molecule has 3 heteroatoms. The van der Waals surface area contributed by atoms with Crippen molar-refractivity contribution in [1.82, 2.24) is 5.32 Å². The standard InChI is InChI=1S/C17H25NO2/c1-12(2)20-15-7-5-13(6-8-15)16(19)18-14-9-10-17(3,4)11-14/h5-8,12,14H,9-11H2,1-4H3,(H,18,19). The molecule has 1 saturated carbocycles. The Kier molecular flexibility index (Phi) is 4.36. The van der Waals surface area contributed by atoms with Crippen molar-refractivity contribution < 1.29 is 9.53 Å². The monoisotopic (exact) mass is 275 g/mol. The molecule has 0 aromatic heterocycles. The van der Waals surface area contributed by atoms with E-state index in [9.17, 15) is 4.79 Å². The topological polar surface area (TPSA) is 38.3 Å². The smallest absolute Gasteiger partial charge is 0.251 e. The zero-order valence-electron chi connectivity index (χ0n) is 12.9. The highest BCUT2D eigenvalue weighted by Crippen LogP contribution is 2.36. The molecule has 1 aliphatic rings. The minimum atomic E-state index is 0.0174. The molecule has 1 aliphatic carbocycles. The summed E-state index contributed by atoms with van der Waals surface area (Å²) in [7, 11) is 0. The molecular weight excluding hydrogens is 250 g/mol. The van der Waals surface area contributed by atoms with E-state index in [-0.39, 0.29) is 12.0 Å². The number of ether oxygens (including phenoxy) is 1. The molecule has 3 nitrogen and oxygen atoms in total. The highest BCUT2D eigenvalue weighted by molar-refractivity contribution is 5.94. The van der Waals surface area contributed by atoms with E-state index >= 15 is 0 Å². The first-order valence-corrected chi connectivity index (χ1v) is 7.43. The number of amides is 1. The van der Waals surface area contributed by atoms with Crippen LogP contribution < -0.4 is 10.1 Å². The van der Waals surface area contributed by atoms with Gasteiger partial charge >= 0.3 is 0 Å². The number of carbonyl (C=O) groups is 1. The van der Waals surface area contributed by atoms with Crippen molar-refractivity contribution in [2.24, 2.45) is 5.41 Å². The lowest BCUT2D eigenvalue weighted by Gasteiger charge is -2.18. The fraction of sp³-hybridized carbons (Fsp3) is 0.588. The van der Waals surface area contributed by atoms with E-state index in [2.05, 4.69) is 19.2 Å². The lowest BCUT2D eigenvalue weighted by atomic mass is 9.92. The molecule has 1 aromatic rings. The molecule has 0 spiro atoms. The summed E-state index contributed by atoms with van der Waals surface area (Å²) in [4.78, 5) is 12.2. The van der Waals surface area contributed by atoms with Crippen molar-refractivity contribution in [3.8, 4) is 5.75 Å². The summed E-state index contributed by atoms with van der Waals surface area (Å²) in [6.45, 7) is 8.50. The van der Waals surface area contributed by atoms with Gasteiger partial charge in [-0.25, -0.2) is 0 Å². The van der Waals surface area contributed by atoms with E-state index in [0.717, 1.165) is 18.6 Å². The van der Waals surface area contributed by atoms with E-state index in [0.29, 0.717) is 17.0 Å². The number of benzene rings is 1. The zero-order chi connectivity index (χ0) is 14.8. The fourth-order valence-electron chi connectivity index (χ4n) is 2.79. The minimum absolute atomic E-state index is 0.0174. The van der Waals surface area contributed by atoms with Crippen molar-refractivity contribution in [1.29, 1.82) is 0 Å². The lowest BCUT2D eigenvalue weighted by molar-refractivity contribution is 0.0936. The van der Waals surface area contributed by atoms with Gasteiger partial charge in [0.1, 0.15) is 5.75 Å². The van der Waals surface area contributed by atoms with Crippen LogP contribution in [0.15, 0.2) is 24.3 Å². The van der Waals surface area contributed by atoms with Crippen LogP contribution in [-0.4, -0.2) is 18.1 Å². The fourth-order valence-corrected chi connectivity index (χ4v) is 2.79. The molecular formula is C17H25NO2. The third-order valence-electron chi connectivity index (χ3n) is 3.79. The molecule has 0 saturated heterocycles.